The van der Waals surface area contributed by atoms with Gasteiger partial charge in [-0.15, -0.1) is 0 Å². The Labute approximate surface area is 118 Å². The van der Waals surface area contributed by atoms with Crippen LogP contribution in [0.3, 0.4) is 0 Å². The van der Waals surface area contributed by atoms with Crippen molar-refractivity contribution in [2.75, 3.05) is 18.0 Å². The van der Waals surface area contributed by atoms with Gasteiger partial charge in [0.2, 0.25) is 0 Å². The molecule has 0 amide bonds. The van der Waals surface area contributed by atoms with Crippen LogP contribution in [-0.4, -0.2) is 31.3 Å². The van der Waals surface area contributed by atoms with Crippen molar-refractivity contribution in [3.8, 4) is 5.75 Å². The molecular formula is C15H22F2N2O. The van der Waals surface area contributed by atoms with Gasteiger partial charge in [0, 0.05) is 30.4 Å². The predicted octanol–water partition coefficient (Wildman–Crippen LogP) is 3.25. The second-order valence-electron chi connectivity index (χ2n) is 5.64. The van der Waals surface area contributed by atoms with Crippen molar-refractivity contribution in [2.45, 2.75) is 45.4 Å². The van der Waals surface area contributed by atoms with E-state index in [9.17, 15) is 8.78 Å². The van der Waals surface area contributed by atoms with E-state index in [4.69, 9.17) is 0 Å². The minimum absolute atomic E-state index is 0.0880. The second kappa shape index (κ2) is 5.95. The lowest BCUT2D eigenvalue weighted by Gasteiger charge is -2.46. The monoisotopic (exact) mass is 284 g/mol. The van der Waals surface area contributed by atoms with Gasteiger partial charge in [-0.25, -0.2) is 0 Å². The molecule has 20 heavy (non-hydrogen) atoms. The quantitative estimate of drug-likeness (QED) is 0.918. The number of nitrogens with one attached hydrogen (secondary N) is 1. The lowest BCUT2D eigenvalue weighted by Crippen LogP contribution is -2.62. The summed E-state index contributed by atoms with van der Waals surface area (Å²) >= 11 is 0. The van der Waals surface area contributed by atoms with Crippen LogP contribution in [0.1, 0.15) is 27.2 Å². The van der Waals surface area contributed by atoms with Crippen molar-refractivity contribution in [1.29, 1.82) is 0 Å². The van der Waals surface area contributed by atoms with Crippen molar-refractivity contribution in [3.05, 3.63) is 24.3 Å². The summed E-state index contributed by atoms with van der Waals surface area (Å²) in [5, 5.41) is 3.57. The van der Waals surface area contributed by atoms with Gasteiger partial charge in [-0.05, 0) is 44.5 Å². The van der Waals surface area contributed by atoms with Gasteiger partial charge in [0.05, 0.1) is 0 Å². The van der Waals surface area contributed by atoms with Gasteiger partial charge < -0.3 is 15.0 Å². The zero-order valence-electron chi connectivity index (χ0n) is 12.2. The third-order valence-electron chi connectivity index (χ3n) is 4.05. The number of ether oxygens (including phenoxy) is 1. The largest absolute Gasteiger partial charge is 0.435 e. The van der Waals surface area contributed by atoms with E-state index in [0.717, 1.165) is 25.2 Å². The fourth-order valence-electron chi connectivity index (χ4n) is 2.49. The molecule has 1 heterocycles. The van der Waals surface area contributed by atoms with Gasteiger partial charge >= 0.3 is 6.61 Å². The van der Waals surface area contributed by atoms with E-state index in [-0.39, 0.29) is 11.3 Å². The van der Waals surface area contributed by atoms with Crippen LogP contribution in [0.15, 0.2) is 24.3 Å². The maximum absolute atomic E-state index is 12.1. The van der Waals surface area contributed by atoms with Gasteiger partial charge in [0.25, 0.3) is 0 Å². The van der Waals surface area contributed by atoms with Crippen molar-refractivity contribution in [1.82, 2.24) is 5.32 Å². The van der Waals surface area contributed by atoms with Crippen LogP contribution < -0.4 is 15.0 Å². The van der Waals surface area contributed by atoms with E-state index in [2.05, 4.69) is 35.7 Å². The van der Waals surface area contributed by atoms with E-state index in [1.54, 1.807) is 12.1 Å². The van der Waals surface area contributed by atoms with Crippen LogP contribution in [0.5, 0.6) is 5.75 Å². The summed E-state index contributed by atoms with van der Waals surface area (Å²) in [6.45, 7) is 5.58. The SMILES string of the molecule is CCC1(C)CN(c2ccc(OC(F)F)cc2)C(C)CN1. The molecule has 0 spiro atoms. The number of hydrogen-bond donors (Lipinski definition) is 1. The average Bonchev–Trinajstić information content (AvgIpc) is 2.42. The predicted molar refractivity (Wildman–Crippen MR) is 76.6 cm³/mol. The summed E-state index contributed by atoms with van der Waals surface area (Å²) in [6, 6.07) is 7.25. The highest BCUT2D eigenvalue weighted by Gasteiger charge is 2.32. The molecule has 1 aliphatic heterocycles. The number of nitrogens with zero attached hydrogens (tertiary/aromatic N) is 1. The van der Waals surface area contributed by atoms with Gasteiger partial charge in [-0.1, -0.05) is 6.92 Å². The van der Waals surface area contributed by atoms with Crippen LogP contribution in [0.4, 0.5) is 14.5 Å². The lowest BCUT2D eigenvalue weighted by atomic mass is 9.93. The molecule has 3 nitrogen and oxygen atoms in total. The Balaban J connectivity index is 2.13. The molecule has 2 unspecified atom stereocenters. The first-order valence-corrected chi connectivity index (χ1v) is 7.00. The van der Waals surface area contributed by atoms with Crippen molar-refractivity contribution < 1.29 is 13.5 Å². The molecule has 0 radical (unpaired) electrons. The minimum atomic E-state index is -2.78. The molecule has 0 aromatic heterocycles. The van der Waals surface area contributed by atoms with E-state index in [1.165, 1.54) is 0 Å². The molecule has 1 N–H and O–H groups in total. The summed E-state index contributed by atoms with van der Waals surface area (Å²) in [5.74, 6) is 0.199. The third-order valence-corrected chi connectivity index (χ3v) is 4.05. The zero-order chi connectivity index (χ0) is 14.8. The van der Waals surface area contributed by atoms with Gasteiger partial charge in [0.15, 0.2) is 0 Å². The molecule has 1 aromatic rings. The van der Waals surface area contributed by atoms with Crippen LogP contribution in [-0.2, 0) is 0 Å². The normalized spacial score (nSPS) is 26.9. The Kier molecular flexibility index (Phi) is 4.48. The van der Waals surface area contributed by atoms with Crippen LogP contribution in [0.2, 0.25) is 0 Å². The Bertz CT molecular complexity index is 438. The molecule has 0 aliphatic carbocycles. The summed E-state index contributed by atoms with van der Waals surface area (Å²) in [5.41, 5.74) is 1.13. The van der Waals surface area contributed by atoms with Crippen LogP contribution in [0.25, 0.3) is 0 Å². The minimum Gasteiger partial charge on any atom is -0.435 e. The van der Waals surface area contributed by atoms with Gasteiger partial charge in [-0.2, -0.15) is 8.78 Å². The topological polar surface area (TPSA) is 24.5 Å². The smallest absolute Gasteiger partial charge is 0.387 e. The first kappa shape index (κ1) is 15.0. The Morgan fingerprint density at radius 1 is 1.40 bits per heavy atom. The second-order valence-corrected chi connectivity index (χ2v) is 5.64. The number of piperazine rings is 1. The summed E-state index contributed by atoms with van der Waals surface area (Å²) in [4.78, 5) is 2.31. The van der Waals surface area contributed by atoms with E-state index < -0.39 is 6.61 Å². The molecular weight excluding hydrogens is 262 g/mol. The maximum atomic E-state index is 12.1. The number of halogens is 2. The molecule has 1 saturated heterocycles. The first-order valence-electron chi connectivity index (χ1n) is 7.00. The summed E-state index contributed by atoms with van der Waals surface area (Å²) in [6.07, 6.45) is 1.04. The molecule has 0 bridgehead atoms. The Morgan fingerprint density at radius 3 is 2.60 bits per heavy atom. The van der Waals surface area contributed by atoms with Crippen molar-refractivity contribution in [3.63, 3.8) is 0 Å². The molecule has 2 atom stereocenters. The van der Waals surface area contributed by atoms with Crippen LogP contribution in [0, 0.1) is 0 Å². The molecule has 0 saturated carbocycles. The third kappa shape index (κ3) is 3.39. The fraction of sp³-hybridized carbons (Fsp3) is 0.600. The number of rotatable bonds is 4. The first-order chi connectivity index (χ1) is 9.43. The average molecular weight is 284 g/mol. The van der Waals surface area contributed by atoms with Crippen molar-refractivity contribution in [2.24, 2.45) is 0 Å². The highest BCUT2D eigenvalue weighted by molar-refractivity contribution is 5.51. The number of alkyl halides is 2. The molecule has 2 rings (SSSR count). The number of hydrogen-bond acceptors (Lipinski definition) is 3. The van der Waals surface area contributed by atoms with Gasteiger partial charge in [0.1, 0.15) is 5.75 Å². The molecule has 1 fully saturated rings. The van der Waals surface area contributed by atoms with E-state index in [0.29, 0.717) is 6.04 Å². The standard InChI is InChI=1S/C15H22F2N2O/c1-4-15(3)10-19(11(2)9-18-15)12-5-7-13(8-6-12)20-14(16)17/h5-8,11,14,18H,4,9-10H2,1-3H3. The zero-order valence-corrected chi connectivity index (χ0v) is 12.2. The molecule has 1 aliphatic rings. The van der Waals surface area contributed by atoms with E-state index in [1.807, 2.05) is 12.1 Å². The number of benzene rings is 1. The highest BCUT2D eigenvalue weighted by atomic mass is 19.3. The Morgan fingerprint density at radius 2 is 2.05 bits per heavy atom. The fourth-order valence-corrected chi connectivity index (χ4v) is 2.49. The lowest BCUT2D eigenvalue weighted by molar-refractivity contribution is -0.0498. The van der Waals surface area contributed by atoms with E-state index >= 15 is 0 Å². The maximum Gasteiger partial charge on any atom is 0.387 e. The summed E-state index contributed by atoms with van der Waals surface area (Å²) < 4.78 is 28.7. The number of anilines is 1. The van der Waals surface area contributed by atoms with Crippen molar-refractivity contribution >= 4 is 5.69 Å². The molecule has 5 heteroatoms. The highest BCUT2D eigenvalue weighted by Crippen LogP contribution is 2.27. The molecule has 112 valence electrons. The van der Waals surface area contributed by atoms with Crippen LogP contribution >= 0.6 is 0 Å². The molecule has 1 aromatic carbocycles. The summed E-state index contributed by atoms with van der Waals surface area (Å²) in [7, 11) is 0. The Hall–Kier alpha value is -1.36. The van der Waals surface area contributed by atoms with Gasteiger partial charge in [-0.3, -0.25) is 0 Å².